The Kier molecular flexibility index (Phi) is 3.78. The lowest BCUT2D eigenvalue weighted by atomic mass is 9.84. The Hall–Kier alpha value is -1.00. The Morgan fingerprint density at radius 1 is 1.20 bits per heavy atom. The second-order valence-corrected chi connectivity index (χ2v) is 6.25. The van der Waals surface area contributed by atoms with Crippen LogP contribution in [0.1, 0.15) is 31.2 Å². The van der Waals surface area contributed by atoms with Crippen molar-refractivity contribution in [2.24, 2.45) is 5.92 Å². The molecule has 0 saturated carbocycles. The van der Waals surface area contributed by atoms with Gasteiger partial charge in [0, 0.05) is 24.1 Å². The van der Waals surface area contributed by atoms with Crippen molar-refractivity contribution >= 4 is 0 Å². The van der Waals surface area contributed by atoms with Crippen LogP contribution >= 0.6 is 0 Å². The Bertz CT molecular complexity index is 459. The monoisotopic (exact) mass is 281 g/mol. The van der Waals surface area contributed by atoms with E-state index in [2.05, 4.69) is 11.9 Å². The summed E-state index contributed by atoms with van der Waals surface area (Å²) in [7, 11) is 2.14. The van der Waals surface area contributed by atoms with E-state index in [0.717, 1.165) is 12.8 Å². The SMILES string of the molecule is CN1C2CCC1CC(C(O)Cc1c(F)cccc1F)C2. The van der Waals surface area contributed by atoms with Crippen LogP contribution < -0.4 is 0 Å². The summed E-state index contributed by atoms with van der Waals surface area (Å²) in [5.41, 5.74) is 0.0197. The van der Waals surface area contributed by atoms with Crippen LogP contribution in [-0.2, 0) is 6.42 Å². The molecular formula is C16H21F2NO. The highest BCUT2D eigenvalue weighted by molar-refractivity contribution is 5.20. The largest absolute Gasteiger partial charge is 0.392 e. The molecule has 20 heavy (non-hydrogen) atoms. The number of piperidine rings is 1. The van der Waals surface area contributed by atoms with Gasteiger partial charge in [-0.1, -0.05) is 6.07 Å². The second-order valence-electron chi connectivity index (χ2n) is 6.25. The van der Waals surface area contributed by atoms with E-state index in [1.165, 1.54) is 31.0 Å². The van der Waals surface area contributed by atoms with Crippen LogP contribution in [0.15, 0.2) is 18.2 Å². The van der Waals surface area contributed by atoms with Crippen molar-refractivity contribution in [1.82, 2.24) is 4.90 Å². The fraction of sp³-hybridized carbons (Fsp3) is 0.625. The predicted octanol–water partition coefficient (Wildman–Crippen LogP) is 2.74. The molecule has 2 nitrogen and oxygen atoms in total. The van der Waals surface area contributed by atoms with Crippen LogP contribution in [0.25, 0.3) is 0 Å². The van der Waals surface area contributed by atoms with Crippen LogP contribution in [-0.4, -0.2) is 35.2 Å². The lowest BCUT2D eigenvalue weighted by Gasteiger charge is -2.38. The number of aliphatic hydroxyl groups excluding tert-OH is 1. The summed E-state index contributed by atoms with van der Waals surface area (Å²) in [6, 6.07) is 4.92. The molecule has 2 saturated heterocycles. The zero-order chi connectivity index (χ0) is 14.3. The minimum absolute atomic E-state index is 0.0197. The average Bonchev–Trinajstić information content (AvgIpc) is 2.65. The molecular weight excluding hydrogens is 260 g/mol. The average molecular weight is 281 g/mol. The van der Waals surface area contributed by atoms with Gasteiger partial charge in [-0.05, 0) is 50.8 Å². The maximum absolute atomic E-state index is 13.6. The van der Waals surface area contributed by atoms with Crippen molar-refractivity contribution in [2.45, 2.75) is 50.3 Å². The molecule has 3 unspecified atom stereocenters. The van der Waals surface area contributed by atoms with E-state index in [4.69, 9.17) is 0 Å². The summed E-state index contributed by atoms with van der Waals surface area (Å²) >= 11 is 0. The van der Waals surface area contributed by atoms with E-state index in [9.17, 15) is 13.9 Å². The summed E-state index contributed by atoms with van der Waals surface area (Å²) in [4.78, 5) is 2.40. The molecule has 4 heteroatoms. The standard InChI is InChI=1S/C16H21F2NO/c1-19-11-5-6-12(19)8-10(7-11)16(20)9-13-14(17)3-2-4-15(13)18/h2-4,10-12,16,20H,5-9H2,1H3. The number of nitrogens with zero attached hydrogens (tertiary/aromatic N) is 1. The Balaban J connectivity index is 1.70. The summed E-state index contributed by atoms with van der Waals surface area (Å²) in [5.74, 6) is -0.956. The lowest BCUT2D eigenvalue weighted by molar-refractivity contribution is 0.0359. The number of halogens is 2. The van der Waals surface area contributed by atoms with Crippen LogP contribution in [0.2, 0.25) is 0 Å². The molecule has 0 radical (unpaired) electrons. The molecule has 2 bridgehead atoms. The maximum atomic E-state index is 13.6. The zero-order valence-corrected chi connectivity index (χ0v) is 11.7. The molecule has 3 rings (SSSR count). The van der Waals surface area contributed by atoms with Crippen LogP contribution in [0.5, 0.6) is 0 Å². The fourth-order valence-electron chi connectivity index (χ4n) is 3.87. The number of fused-ring (bicyclic) bond motifs is 2. The maximum Gasteiger partial charge on any atom is 0.129 e. The molecule has 0 aliphatic carbocycles. The first-order valence-electron chi connectivity index (χ1n) is 7.39. The Labute approximate surface area is 118 Å². The summed E-state index contributed by atoms with van der Waals surface area (Å²) in [6.45, 7) is 0. The van der Waals surface area contributed by atoms with Crippen molar-refractivity contribution in [3.63, 3.8) is 0 Å². The number of hydrogen-bond acceptors (Lipinski definition) is 2. The van der Waals surface area contributed by atoms with Gasteiger partial charge in [-0.2, -0.15) is 0 Å². The van der Waals surface area contributed by atoms with Gasteiger partial charge in [-0.3, -0.25) is 0 Å². The summed E-state index contributed by atoms with van der Waals surface area (Å²) < 4.78 is 27.3. The molecule has 1 aromatic carbocycles. The van der Waals surface area contributed by atoms with Crippen LogP contribution in [0, 0.1) is 17.6 Å². The predicted molar refractivity (Wildman–Crippen MR) is 73.4 cm³/mol. The summed E-state index contributed by atoms with van der Waals surface area (Å²) in [6.07, 6.45) is 3.65. The van der Waals surface area contributed by atoms with Gasteiger partial charge in [0.25, 0.3) is 0 Å². The van der Waals surface area contributed by atoms with Gasteiger partial charge >= 0.3 is 0 Å². The number of aliphatic hydroxyl groups is 1. The normalized spacial score (nSPS) is 31.5. The highest BCUT2D eigenvalue weighted by Gasteiger charge is 2.40. The molecule has 3 atom stereocenters. The van der Waals surface area contributed by atoms with Crippen molar-refractivity contribution in [3.05, 3.63) is 35.4 Å². The van der Waals surface area contributed by atoms with E-state index >= 15 is 0 Å². The second kappa shape index (κ2) is 5.41. The van der Waals surface area contributed by atoms with Gasteiger partial charge in [-0.25, -0.2) is 8.78 Å². The van der Waals surface area contributed by atoms with E-state index in [0.29, 0.717) is 12.1 Å². The molecule has 0 spiro atoms. The van der Waals surface area contributed by atoms with Gasteiger partial charge in [0.05, 0.1) is 6.10 Å². The van der Waals surface area contributed by atoms with Crippen molar-refractivity contribution < 1.29 is 13.9 Å². The molecule has 2 heterocycles. The van der Waals surface area contributed by atoms with E-state index in [1.54, 1.807) is 0 Å². The summed E-state index contributed by atoms with van der Waals surface area (Å²) in [5, 5.41) is 10.4. The van der Waals surface area contributed by atoms with Crippen LogP contribution in [0.3, 0.4) is 0 Å². The minimum Gasteiger partial charge on any atom is -0.392 e. The van der Waals surface area contributed by atoms with E-state index in [1.807, 2.05) is 0 Å². The highest BCUT2D eigenvalue weighted by Crippen LogP contribution is 2.39. The first-order valence-corrected chi connectivity index (χ1v) is 7.39. The fourth-order valence-corrected chi connectivity index (χ4v) is 3.87. The third-order valence-corrected chi connectivity index (χ3v) is 5.15. The smallest absolute Gasteiger partial charge is 0.129 e. The van der Waals surface area contributed by atoms with Crippen molar-refractivity contribution in [3.8, 4) is 0 Å². The number of hydrogen-bond donors (Lipinski definition) is 1. The molecule has 2 aliphatic heterocycles. The third-order valence-electron chi connectivity index (χ3n) is 5.15. The molecule has 2 fully saturated rings. The Morgan fingerprint density at radius 3 is 2.30 bits per heavy atom. The van der Waals surface area contributed by atoms with Crippen LogP contribution in [0.4, 0.5) is 8.78 Å². The molecule has 0 aromatic heterocycles. The minimum atomic E-state index is -0.654. The molecule has 1 N–H and O–H groups in total. The molecule has 110 valence electrons. The lowest BCUT2D eigenvalue weighted by Crippen LogP contribution is -2.43. The first kappa shape index (κ1) is 14.0. The molecule has 0 amide bonds. The van der Waals surface area contributed by atoms with Gasteiger partial charge in [-0.15, -0.1) is 0 Å². The van der Waals surface area contributed by atoms with Crippen molar-refractivity contribution in [2.75, 3.05) is 7.05 Å². The van der Waals surface area contributed by atoms with Gasteiger partial charge in [0.1, 0.15) is 11.6 Å². The zero-order valence-electron chi connectivity index (χ0n) is 11.7. The van der Waals surface area contributed by atoms with E-state index < -0.39 is 17.7 Å². The topological polar surface area (TPSA) is 23.5 Å². The van der Waals surface area contributed by atoms with Gasteiger partial charge < -0.3 is 10.0 Å². The third kappa shape index (κ3) is 2.47. The van der Waals surface area contributed by atoms with Crippen molar-refractivity contribution in [1.29, 1.82) is 0 Å². The quantitative estimate of drug-likeness (QED) is 0.921. The first-order chi connectivity index (χ1) is 9.56. The molecule has 2 aliphatic rings. The number of rotatable bonds is 3. The number of benzene rings is 1. The van der Waals surface area contributed by atoms with Gasteiger partial charge in [0.2, 0.25) is 0 Å². The Morgan fingerprint density at radius 2 is 1.75 bits per heavy atom. The van der Waals surface area contributed by atoms with Gasteiger partial charge in [0.15, 0.2) is 0 Å². The highest BCUT2D eigenvalue weighted by atomic mass is 19.1. The molecule has 1 aromatic rings. The van der Waals surface area contributed by atoms with E-state index in [-0.39, 0.29) is 17.9 Å².